The summed E-state index contributed by atoms with van der Waals surface area (Å²) in [5, 5.41) is 2.83. The molecule has 3 N–H and O–H groups in total. The second-order valence-electron chi connectivity index (χ2n) is 6.09. The number of amides is 1. The Labute approximate surface area is 119 Å². The summed E-state index contributed by atoms with van der Waals surface area (Å²) < 4.78 is 13.5. The first kappa shape index (κ1) is 15.0. The molecule has 1 aliphatic rings. The molecule has 0 radical (unpaired) electrons. The highest BCUT2D eigenvalue weighted by atomic mass is 19.1. The highest BCUT2D eigenvalue weighted by Crippen LogP contribution is 2.39. The van der Waals surface area contributed by atoms with E-state index in [1.807, 2.05) is 0 Å². The van der Waals surface area contributed by atoms with E-state index in [0.29, 0.717) is 23.7 Å². The molecular formula is C16H23FN2O. The maximum atomic E-state index is 13.5. The van der Waals surface area contributed by atoms with Gasteiger partial charge in [0.1, 0.15) is 5.82 Å². The van der Waals surface area contributed by atoms with E-state index in [0.717, 1.165) is 25.7 Å². The lowest BCUT2D eigenvalue weighted by molar-refractivity contribution is -0.127. The first-order chi connectivity index (χ1) is 9.47. The minimum atomic E-state index is -0.492. The van der Waals surface area contributed by atoms with Crippen molar-refractivity contribution in [3.8, 4) is 0 Å². The molecule has 110 valence electrons. The third-order valence-electron chi connectivity index (χ3n) is 4.53. The minimum Gasteiger partial charge on any atom is -0.329 e. The summed E-state index contributed by atoms with van der Waals surface area (Å²) in [5.41, 5.74) is 6.44. The Morgan fingerprint density at radius 3 is 2.65 bits per heavy atom. The van der Waals surface area contributed by atoms with Crippen molar-refractivity contribution in [2.45, 2.75) is 39.5 Å². The molecule has 0 spiro atoms. The summed E-state index contributed by atoms with van der Waals surface area (Å²) >= 11 is 0. The largest absolute Gasteiger partial charge is 0.329 e. The van der Waals surface area contributed by atoms with Crippen LogP contribution < -0.4 is 11.1 Å². The van der Waals surface area contributed by atoms with E-state index in [4.69, 9.17) is 5.73 Å². The number of nitrogens with two attached hydrogens (primary N) is 1. The third-order valence-corrected chi connectivity index (χ3v) is 4.53. The number of aryl methyl sites for hydroxylation is 1. The predicted molar refractivity (Wildman–Crippen MR) is 78.9 cm³/mol. The fourth-order valence-electron chi connectivity index (χ4n) is 2.77. The van der Waals surface area contributed by atoms with Crippen LogP contribution in [-0.2, 0) is 4.79 Å². The monoisotopic (exact) mass is 278 g/mol. The molecule has 0 saturated heterocycles. The van der Waals surface area contributed by atoms with E-state index in [9.17, 15) is 9.18 Å². The molecule has 1 aromatic carbocycles. The average molecular weight is 278 g/mol. The van der Waals surface area contributed by atoms with Crippen LogP contribution in [0.4, 0.5) is 10.1 Å². The maximum absolute atomic E-state index is 13.5. The van der Waals surface area contributed by atoms with Gasteiger partial charge in [0.15, 0.2) is 0 Å². The maximum Gasteiger partial charge on any atom is 0.231 e. The number of hydrogen-bond acceptors (Lipinski definition) is 2. The van der Waals surface area contributed by atoms with Crippen molar-refractivity contribution in [1.29, 1.82) is 0 Å². The van der Waals surface area contributed by atoms with Crippen molar-refractivity contribution >= 4 is 11.6 Å². The van der Waals surface area contributed by atoms with Crippen molar-refractivity contribution < 1.29 is 9.18 Å². The Hall–Kier alpha value is -1.42. The van der Waals surface area contributed by atoms with Crippen LogP contribution in [0.25, 0.3) is 0 Å². The standard InChI is InChI=1S/C16H23FN2O/c1-11-5-7-16(10-18,8-6-11)15(20)19-13-4-3-12(2)14(17)9-13/h3-4,9,11H,5-8,10,18H2,1-2H3,(H,19,20). The van der Waals surface area contributed by atoms with Crippen molar-refractivity contribution in [1.82, 2.24) is 0 Å². The van der Waals surface area contributed by atoms with Gasteiger partial charge in [0.05, 0.1) is 5.41 Å². The van der Waals surface area contributed by atoms with Crippen LogP contribution in [0.2, 0.25) is 0 Å². The van der Waals surface area contributed by atoms with Gasteiger partial charge in [-0.25, -0.2) is 4.39 Å². The number of halogens is 1. The van der Waals surface area contributed by atoms with Gasteiger partial charge in [-0.1, -0.05) is 13.0 Å². The molecule has 1 aromatic rings. The lowest BCUT2D eigenvalue weighted by Gasteiger charge is -2.37. The molecule has 0 aromatic heterocycles. The number of anilines is 1. The number of rotatable bonds is 3. The highest BCUT2D eigenvalue weighted by Gasteiger charge is 2.39. The van der Waals surface area contributed by atoms with Crippen LogP contribution in [0.5, 0.6) is 0 Å². The Morgan fingerprint density at radius 2 is 2.10 bits per heavy atom. The SMILES string of the molecule is Cc1ccc(NC(=O)C2(CN)CCC(C)CC2)cc1F. The summed E-state index contributed by atoms with van der Waals surface area (Å²) in [6.45, 7) is 4.25. The van der Waals surface area contributed by atoms with Crippen LogP contribution >= 0.6 is 0 Å². The fourth-order valence-corrected chi connectivity index (χ4v) is 2.77. The molecule has 4 heteroatoms. The summed E-state index contributed by atoms with van der Waals surface area (Å²) in [6, 6.07) is 4.76. The van der Waals surface area contributed by atoms with E-state index in [1.54, 1.807) is 19.1 Å². The zero-order valence-electron chi connectivity index (χ0n) is 12.2. The van der Waals surface area contributed by atoms with Gasteiger partial charge in [0.2, 0.25) is 5.91 Å². The molecule has 1 saturated carbocycles. The lowest BCUT2D eigenvalue weighted by atomic mass is 9.70. The summed E-state index contributed by atoms with van der Waals surface area (Å²) in [6.07, 6.45) is 3.66. The van der Waals surface area contributed by atoms with E-state index in [1.165, 1.54) is 6.07 Å². The summed E-state index contributed by atoms with van der Waals surface area (Å²) in [4.78, 5) is 12.5. The number of benzene rings is 1. The molecule has 0 bridgehead atoms. The van der Waals surface area contributed by atoms with Crippen molar-refractivity contribution in [3.05, 3.63) is 29.6 Å². The normalized spacial score (nSPS) is 26.3. The van der Waals surface area contributed by atoms with E-state index < -0.39 is 5.41 Å². The molecule has 1 aliphatic carbocycles. The van der Waals surface area contributed by atoms with Crippen LogP contribution in [0, 0.1) is 24.1 Å². The second kappa shape index (κ2) is 5.92. The lowest BCUT2D eigenvalue weighted by Crippen LogP contribution is -2.44. The van der Waals surface area contributed by atoms with E-state index in [-0.39, 0.29) is 11.7 Å². The van der Waals surface area contributed by atoms with Gasteiger partial charge in [-0.05, 0) is 56.2 Å². The molecule has 0 aliphatic heterocycles. The first-order valence-corrected chi connectivity index (χ1v) is 7.24. The third kappa shape index (κ3) is 3.01. The molecule has 0 heterocycles. The van der Waals surface area contributed by atoms with Crippen LogP contribution in [0.3, 0.4) is 0 Å². The first-order valence-electron chi connectivity index (χ1n) is 7.24. The van der Waals surface area contributed by atoms with Crippen LogP contribution in [0.15, 0.2) is 18.2 Å². The molecule has 3 nitrogen and oxygen atoms in total. The number of carbonyl (C=O) groups is 1. The Bertz CT molecular complexity index is 493. The molecule has 2 rings (SSSR count). The van der Waals surface area contributed by atoms with Crippen molar-refractivity contribution in [3.63, 3.8) is 0 Å². The molecule has 20 heavy (non-hydrogen) atoms. The Morgan fingerprint density at radius 1 is 1.45 bits per heavy atom. The summed E-state index contributed by atoms with van der Waals surface area (Å²) in [7, 11) is 0. The van der Waals surface area contributed by atoms with Crippen LogP contribution in [0.1, 0.15) is 38.2 Å². The molecular weight excluding hydrogens is 255 g/mol. The van der Waals surface area contributed by atoms with Crippen molar-refractivity contribution in [2.24, 2.45) is 17.1 Å². The van der Waals surface area contributed by atoms with Gasteiger partial charge >= 0.3 is 0 Å². The van der Waals surface area contributed by atoms with Gasteiger partial charge in [0, 0.05) is 12.2 Å². The number of nitrogens with one attached hydrogen (secondary N) is 1. The van der Waals surface area contributed by atoms with Gasteiger partial charge < -0.3 is 11.1 Å². The topological polar surface area (TPSA) is 55.1 Å². The highest BCUT2D eigenvalue weighted by molar-refractivity contribution is 5.95. The molecule has 0 unspecified atom stereocenters. The number of carbonyl (C=O) groups excluding carboxylic acids is 1. The minimum absolute atomic E-state index is 0.0739. The average Bonchev–Trinajstić information content (AvgIpc) is 2.44. The molecule has 0 atom stereocenters. The quantitative estimate of drug-likeness (QED) is 0.892. The Balaban J connectivity index is 2.11. The van der Waals surface area contributed by atoms with E-state index in [2.05, 4.69) is 12.2 Å². The van der Waals surface area contributed by atoms with Gasteiger partial charge in [0.25, 0.3) is 0 Å². The van der Waals surface area contributed by atoms with Crippen molar-refractivity contribution in [2.75, 3.05) is 11.9 Å². The van der Waals surface area contributed by atoms with Crippen LogP contribution in [-0.4, -0.2) is 12.5 Å². The van der Waals surface area contributed by atoms with Gasteiger partial charge in [-0.2, -0.15) is 0 Å². The Kier molecular flexibility index (Phi) is 4.43. The fraction of sp³-hybridized carbons (Fsp3) is 0.562. The number of hydrogen-bond donors (Lipinski definition) is 2. The summed E-state index contributed by atoms with van der Waals surface area (Å²) in [5.74, 6) is 0.274. The van der Waals surface area contributed by atoms with Gasteiger partial charge in [-0.3, -0.25) is 4.79 Å². The zero-order chi connectivity index (χ0) is 14.8. The smallest absolute Gasteiger partial charge is 0.231 e. The van der Waals surface area contributed by atoms with E-state index >= 15 is 0 Å². The second-order valence-corrected chi connectivity index (χ2v) is 6.09. The zero-order valence-corrected chi connectivity index (χ0v) is 12.2. The predicted octanol–water partition coefficient (Wildman–Crippen LogP) is 3.23. The molecule has 1 amide bonds. The molecule has 1 fully saturated rings. The van der Waals surface area contributed by atoms with Gasteiger partial charge in [-0.15, -0.1) is 0 Å².